The van der Waals surface area contributed by atoms with E-state index < -0.39 is 33.9 Å². The number of ether oxygens (including phenoxy) is 1. The van der Waals surface area contributed by atoms with Gasteiger partial charge in [-0.1, -0.05) is 78.0 Å². The summed E-state index contributed by atoms with van der Waals surface area (Å²) >= 11 is 0.765. The fourth-order valence-corrected chi connectivity index (χ4v) is 5.54. The van der Waals surface area contributed by atoms with Gasteiger partial charge in [0.05, 0.1) is 16.6 Å². The number of rotatable bonds is 9. The van der Waals surface area contributed by atoms with Gasteiger partial charge < -0.3 is 10.1 Å². The summed E-state index contributed by atoms with van der Waals surface area (Å²) in [5.41, 5.74) is 1.69. The van der Waals surface area contributed by atoms with Gasteiger partial charge in [0, 0.05) is 9.79 Å². The van der Waals surface area contributed by atoms with E-state index in [1.165, 1.54) is 0 Å². The van der Waals surface area contributed by atoms with Crippen molar-refractivity contribution in [2.24, 2.45) is 0 Å². The highest BCUT2D eigenvalue weighted by atomic mass is 32.2. The molecule has 2 unspecified atom stereocenters. The van der Waals surface area contributed by atoms with E-state index in [2.05, 4.69) is 5.32 Å². The van der Waals surface area contributed by atoms with Crippen LogP contribution in [0.3, 0.4) is 0 Å². The molecule has 8 heteroatoms. The summed E-state index contributed by atoms with van der Waals surface area (Å²) < 4.78 is 47.1. The molecule has 3 rings (SSSR count). The zero-order valence-corrected chi connectivity index (χ0v) is 19.0. The average molecular weight is 476 g/mol. The normalized spacial score (nSPS) is 13.9. The van der Waals surface area contributed by atoms with Crippen molar-refractivity contribution in [3.8, 4) is 0 Å². The second-order valence-electron chi connectivity index (χ2n) is 7.09. The Balaban J connectivity index is 1.83. The zero-order valence-electron chi connectivity index (χ0n) is 17.4. The number of carbonyl (C=O) groups excluding carboxylic acids is 1. The van der Waals surface area contributed by atoms with Gasteiger partial charge in [-0.3, -0.25) is 4.21 Å². The van der Waals surface area contributed by atoms with Crippen LogP contribution >= 0.6 is 11.8 Å². The van der Waals surface area contributed by atoms with Gasteiger partial charge in [-0.05, 0) is 36.8 Å². The molecule has 0 saturated heterocycles. The molecule has 0 fully saturated rings. The molecular formula is C24H23F2NO3S2. The number of nitrogens with one attached hydrogen (secondary N) is 1. The number of alkyl halides is 2. The highest BCUT2D eigenvalue weighted by molar-refractivity contribution is 8.01. The summed E-state index contributed by atoms with van der Waals surface area (Å²) in [5, 5.41) is 2.32. The third-order valence-corrected chi connectivity index (χ3v) is 7.55. The number of aryl methyl sites for hydroxylation is 1. The number of hydrogen-bond donors (Lipinski definition) is 1. The first kappa shape index (κ1) is 23.9. The van der Waals surface area contributed by atoms with Gasteiger partial charge in [-0.15, -0.1) is 0 Å². The smallest absolute Gasteiger partial charge is 0.408 e. The van der Waals surface area contributed by atoms with E-state index in [1.54, 1.807) is 78.9 Å². The van der Waals surface area contributed by atoms with Crippen LogP contribution in [-0.4, -0.2) is 27.4 Å². The predicted octanol–water partition coefficient (Wildman–Crippen LogP) is 5.78. The molecule has 0 spiro atoms. The minimum atomic E-state index is -3.01. The zero-order chi connectivity index (χ0) is 23.0. The maximum absolute atomic E-state index is 14.5. The summed E-state index contributed by atoms with van der Waals surface area (Å²) in [7, 11) is -1.78. The fourth-order valence-electron chi connectivity index (χ4n) is 2.85. The number of amides is 1. The monoisotopic (exact) mass is 475 g/mol. The number of halogens is 2. The van der Waals surface area contributed by atoms with Crippen LogP contribution in [-0.2, 0) is 22.1 Å². The van der Waals surface area contributed by atoms with Crippen LogP contribution in [0.4, 0.5) is 13.6 Å². The number of carbonyl (C=O) groups is 1. The van der Waals surface area contributed by atoms with Gasteiger partial charge >= 0.3 is 6.09 Å². The Labute approximate surface area is 192 Å². The highest BCUT2D eigenvalue weighted by Gasteiger charge is 2.45. The maximum Gasteiger partial charge on any atom is 0.408 e. The molecule has 1 amide bonds. The van der Waals surface area contributed by atoms with E-state index in [0.29, 0.717) is 9.79 Å². The van der Waals surface area contributed by atoms with Crippen LogP contribution < -0.4 is 5.32 Å². The van der Waals surface area contributed by atoms with Crippen molar-refractivity contribution in [1.29, 1.82) is 0 Å². The summed E-state index contributed by atoms with van der Waals surface area (Å²) in [6.07, 6.45) is -4.01. The largest absolute Gasteiger partial charge is 0.445 e. The predicted molar refractivity (Wildman–Crippen MR) is 123 cm³/mol. The molecule has 3 aromatic carbocycles. The molecule has 168 valence electrons. The molecule has 0 bridgehead atoms. The van der Waals surface area contributed by atoms with E-state index in [1.807, 2.05) is 13.0 Å². The third kappa shape index (κ3) is 6.64. The van der Waals surface area contributed by atoms with E-state index in [9.17, 15) is 17.8 Å². The average Bonchev–Trinajstić information content (AvgIpc) is 2.79. The van der Waals surface area contributed by atoms with E-state index in [0.717, 1.165) is 22.9 Å². The van der Waals surface area contributed by atoms with Crippen molar-refractivity contribution in [2.45, 2.75) is 34.6 Å². The standard InChI is InChI=1S/C24H23F2NO3S2/c1-18-12-14-21(15-13-18)32(29)17-24(22(25)26,31-20-10-6-3-7-11-20)27-23(28)30-16-19-8-4-2-5-9-19/h2-15,22H,16-17H2,1H3,(H,27,28). The lowest BCUT2D eigenvalue weighted by Gasteiger charge is -2.32. The Morgan fingerprint density at radius 3 is 2.19 bits per heavy atom. The van der Waals surface area contributed by atoms with Gasteiger partial charge in [0.1, 0.15) is 6.61 Å². The first-order valence-corrected chi connectivity index (χ1v) is 12.0. The number of hydrogen-bond acceptors (Lipinski definition) is 4. The van der Waals surface area contributed by atoms with Gasteiger partial charge in [0.25, 0.3) is 6.43 Å². The molecule has 0 saturated carbocycles. The van der Waals surface area contributed by atoms with Crippen molar-refractivity contribution >= 4 is 28.7 Å². The Bertz CT molecular complexity index is 1030. The number of benzene rings is 3. The topological polar surface area (TPSA) is 55.4 Å². The van der Waals surface area contributed by atoms with Crippen LogP contribution in [0.1, 0.15) is 11.1 Å². The molecule has 2 atom stereocenters. The summed E-state index contributed by atoms with van der Waals surface area (Å²) in [6.45, 7) is 1.81. The van der Waals surface area contributed by atoms with Gasteiger partial charge in [-0.2, -0.15) is 0 Å². The van der Waals surface area contributed by atoms with Crippen LogP contribution in [0, 0.1) is 6.92 Å². The minimum Gasteiger partial charge on any atom is -0.445 e. The molecule has 0 aliphatic rings. The van der Waals surface area contributed by atoms with Crippen LogP contribution in [0.2, 0.25) is 0 Å². The Morgan fingerprint density at radius 2 is 1.59 bits per heavy atom. The SMILES string of the molecule is Cc1ccc(S(=O)CC(NC(=O)OCc2ccccc2)(Sc2ccccc2)C(F)F)cc1. The minimum absolute atomic E-state index is 0.0664. The highest BCUT2D eigenvalue weighted by Crippen LogP contribution is 2.37. The summed E-state index contributed by atoms with van der Waals surface area (Å²) in [5.74, 6) is -0.492. The molecule has 0 aliphatic carbocycles. The Morgan fingerprint density at radius 1 is 1.00 bits per heavy atom. The van der Waals surface area contributed by atoms with Gasteiger partial charge in [0.15, 0.2) is 4.87 Å². The molecule has 0 heterocycles. The van der Waals surface area contributed by atoms with Crippen molar-refractivity contribution in [1.82, 2.24) is 5.32 Å². The van der Waals surface area contributed by atoms with Crippen molar-refractivity contribution in [3.05, 3.63) is 96.1 Å². The van der Waals surface area contributed by atoms with E-state index in [-0.39, 0.29) is 6.61 Å². The van der Waals surface area contributed by atoms with E-state index >= 15 is 0 Å². The summed E-state index contributed by atoms with van der Waals surface area (Å²) in [6, 6.07) is 24.2. The molecule has 0 radical (unpaired) electrons. The second-order valence-corrected chi connectivity index (χ2v) is 9.95. The molecule has 1 N–H and O–H groups in total. The van der Waals surface area contributed by atoms with Crippen molar-refractivity contribution in [3.63, 3.8) is 0 Å². The van der Waals surface area contributed by atoms with E-state index in [4.69, 9.17) is 4.74 Å². The quantitative estimate of drug-likeness (QED) is 0.315. The lowest BCUT2D eigenvalue weighted by atomic mass is 10.2. The molecule has 3 aromatic rings. The first-order chi connectivity index (χ1) is 15.4. The molecular weight excluding hydrogens is 452 g/mol. The Hall–Kier alpha value is -2.71. The third-order valence-electron chi connectivity index (χ3n) is 4.55. The number of alkyl carbamates (subject to hydrolysis) is 1. The van der Waals surface area contributed by atoms with Crippen LogP contribution in [0.25, 0.3) is 0 Å². The Kier molecular flexibility index (Phi) is 8.41. The lowest BCUT2D eigenvalue weighted by Crippen LogP contribution is -2.55. The number of thioether (sulfide) groups is 1. The second kappa shape index (κ2) is 11.2. The maximum atomic E-state index is 14.5. The lowest BCUT2D eigenvalue weighted by molar-refractivity contribution is 0.0774. The summed E-state index contributed by atoms with van der Waals surface area (Å²) in [4.78, 5) is 11.3. The van der Waals surface area contributed by atoms with Crippen LogP contribution in [0.5, 0.6) is 0 Å². The van der Waals surface area contributed by atoms with Crippen molar-refractivity contribution in [2.75, 3.05) is 5.75 Å². The first-order valence-electron chi connectivity index (χ1n) is 9.84. The van der Waals surface area contributed by atoms with Gasteiger partial charge in [-0.25, -0.2) is 13.6 Å². The fraction of sp³-hybridized carbons (Fsp3) is 0.208. The molecule has 0 aromatic heterocycles. The van der Waals surface area contributed by atoms with Gasteiger partial charge in [0.2, 0.25) is 0 Å². The van der Waals surface area contributed by atoms with Crippen LogP contribution in [0.15, 0.2) is 94.7 Å². The molecule has 32 heavy (non-hydrogen) atoms. The molecule has 0 aliphatic heterocycles. The van der Waals surface area contributed by atoms with Crippen molar-refractivity contribution < 1.29 is 22.5 Å². The molecule has 4 nitrogen and oxygen atoms in total.